The lowest BCUT2D eigenvalue weighted by atomic mass is 9.96. The molecule has 1 aromatic rings. The van der Waals surface area contributed by atoms with Crippen LogP contribution in [0.5, 0.6) is 0 Å². The minimum atomic E-state index is -4.46. The summed E-state index contributed by atoms with van der Waals surface area (Å²) in [4.78, 5) is 0. The Morgan fingerprint density at radius 2 is 1.93 bits per heavy atom. The smallest absolute Gasteiger partial charge is 0.192 e. The third-order valence-corrected chi connectivity index (χ3v) is 2.36. The molecule has 0 saturated carbocycles. The van der Waals surface area contributed by atoms with Gasteiger partial charge in [0.05, 0.1) is 17.2 Å². The van der Waals surface area contributed by atoms with Crippen LogP contribution in [0.15, 0.2) is 12.1 Å². The second-order valence-corrected chi connectivity index (χ2v) is 3.24. The van der Waals surface area contributed by atoms with Gasteiger partial charge < -0.3 is 0 Å². The van der Waals surface area contributed by atoms with E-state index in [0.717, 1.165) is 0 Å². The number of rotatable bonds is 1. The molecule has 1 aromatic carbocycles. The van der Waals surface area contributed by atoms with Crippen molar-refractivity contribution in [2.24, 2.45) is 0 Å². The largest absolute Gasteiger partial charge is 0.417 e. The van der Waals surface area contributed by atoms with E-state index in [1.807, 2.05) is 0 Å². The van der Waals surface area contributed by atoms with Crippen LogP contribution in [0.25, 0.3) is 0 Å². The number of benzene rings is 1. The third-order valence-electron chi connectivity index (χ3n) is 2.36. The monoisotopic (exact) mass is 213 g/mol. The van der Waals surface area contributed by atoms with E-state index in [4.69, 9.17) is 5.26 Å². The number of halogens is 3. The number of alkyl halides is 3. The highest BCUT2D eigenvalue weighted by atomic mass is 19.4. The number of nitrogens with zero attached hydrogens (tertiary/aromatic N) is 1. The lowest BCUT2D eigenvalue weighted by molar-refractivity contribution is -0.138. The van der Waals surface area contributed by atoms with Gasteiger partial charge in [-0.15, -0.1) is 0 Å². The zero-order valence-corrected chi connectivity index (χ0v) is 8.44. The van der Waals surface area contributed by atoms with Gasteiger partial charge in [-0.2, -0.15) is 18.4 Å². The fourth-order valence-electron chi connectivity index (χ4n) is 1.60. The van der Waals surface area contributed by atoms with Crippen molar-refractivity contribution in [3.05, 3.63) is 34.4 Å². The lowest BCUT2D eigenvalue weighted by Crippen LogP contribution is -2.11. The number of hydrogen-bond acceptors (Lipinski definition) is 1. The third kappa shape index (κ3) is 2.12. The molecule has 0 aliphatic rings. The Hall–Kier alpha value is -1.50. The van der Waals surface area contributed by atoms with Gasteiger partial charge in [-0.1, -0.05) is 13.0 Å². The summed E-state index contributed by atoms with van der Waals surface area (Å²) in [6, 6.07) is 4.38. The van der Waals surface area contributed by atoms with Crippen LogP contribution in [0.1, 0.15) is 29.2 Å². The topological polar surface area (TPSA) is 23.8 Å². The quantitative estimate of drug-likeness (QED) is 0.700. The molecule has 1 nitrogen and oxygen atoms in total. The maximum Gasteiger partial charge on any atom is 0.417 e. The van der Waals surface area contributed by atoms with E-state index in [1.54, 1.807) is 19.1 Å². The summed E-state index contributed by atoms with van der Waals surface area (Å²) in [6.45, 7) is 3.19. The van der Waals surface area contributed by atoms with Crippen LogP contribution in [0.3, 0.4) is 0 Å². The molecule has 15 heavy (non-hydrogen) atoms. The van der Waals surface area contributed by atoms with E-state index in [1.165, 1.54) is 13.0 Å². The van der Waals surface area contributed by atoms with Crippen molar-refractivity contribution in [2.45, 2.75) is 26.4 Å². The maximum atomic E-state index is 12.7. The first-order valence-electron chi connectivity index (χ1n) is 4.51. The van der Waals surface area contributed by atoms with Crippen molar-refractivity contribution >= 4 is 0 Å². The molecule has 0 unspecified atom stereocenters. The van der Waals surface area contributed by atoms with Gasteiger partial charge in [0.2, 0.25) is 0 Å². The van der Waals surface area contributed by atoms with E-state index in [-0.39, 0.29) is 11.1 Å². The van der Waals surface area contributed by atoms with E-state index < -0.39 is 11.7 Å². The van der Waals surface area contributed by atoms with Gasteiger partial charge in [0.15, 0.2) is 0 Å². The van der Waals surface area contributed by atoms with Crippen LogP contribution in [-0.4, -0.2) is 0 Å². The first kappa shape index (κ1) is 11.6. The molecular formula is C11H10F3N. The standard InChI is InChI=1S/C11H10F3N/c1-3-8-4-5-9(6-15)10(7(8)2)11(12,13)14/h4-5H,3H2,1-2H3. The average molecular weight is 213 g/mol. The average Bonchev–Trinajstić information content (AvgIpc) is 2.15. The molecule has 0 heterocycles. The zero-order valence-electron chi connectivity index (χ0n) is 8.44. The first-order chi connectivity index (χ1) is 6.91. The highest BCUT2D eigenvalue weighted by Crippen LogP contribution is 2.35. The van der Waals surface area contributed by atoms with Crippen molar-refractivity contribution in [1.82, 2.24) is 0 Å². The second-order valence-electron chi connectivity index (χ2n) is 3.24. The maximum absolute atomic E-state index is 12.7. The fraction of sp³-hybridized carbons (Fsp3) is 0.364. The van der Waals surface area contributed by atoms with E-state index >= 15 is 0 Å². The highest BCUT2D eigenvalue weighted by molar-refractivity contribution is 5.47. The summed E-state index contributed by atoms with van der Waals surface area (Å²) < 4.78 is 38.0. The summed E-state index contributed by atoms with van der Waals surface area (Å²) in [5.74, 6) is 0. The van der Waals surface area contributed by atoms with Crippen LogP contribution in [0.2, 0.25) is 0 Å². The van der Waals surface area contributed by atoms with Crippen LogP contribution in [0.4, 0.5) is 13.2 Å². The van der Waals surface area contributed by atoms with Crippen molar-refractivity contribution < 1.29 is 13.2 Å². The fourth-order valence-corrected chi connectivity index (χ4v) is 1.60. The van der Waals surface area contributed by atoms with Gasteiger partial charge in [0.25, 0.3) is 0 Å². The van der Waals surface area contributed by atoms with Crippen molar-refractivity contribution in [3.63, 3.8) is 0 Å². The van der Waals surface area contributed by atoms with E-state index in [9.17, 15) is 13.2 Å². The summed E-state index contributed by atoms with van der Waals surface area (Å²) in [5, 5.41) is 8.62. The molecule has 1 rings (SSSR count). The van der Waals surface area contributed by atoms with Gasteiger partial charge in [0, 0.05) is 0 Å². The Balaban J connectivity index is 3.52. The van der Waals surface area contributed by atoms with Crippen molar-refractivity contribution in [3.8, 4) is 6.07 Å². The lowest BCUT2D eigenvalue weighted by Gasteiger charge is -2.14. The Morgan fingerprint density at radius 1 is 1.33 bits per heavy atom. The van der Waals surface area contributed by atoms with E-state index in [0.29, 0.717) is 12.0 Å². The molecular weight excluding hydrogens is 203 g/mol. The first-order valence-corrected chi connectivity index (χ1v) is 4.51. The predicted molar refractivity (Wildman–Crippen MR) is 50.3 cm³/mol. The van der Waals surface area contributed by atoms with Crippen molar-refractivity contribution in [1.29, 1.82) is 5.26 Å². The van der Waals surface area contributed by atoms with Gasteiger partial charge in [-0.05, 0) is 30.5 Å². The molecule has 0 aliphatic heterocycles. The summed E-state index contributed by atoms with van der Waals surface area (Å²) in [6.07, 6.45) is -3.93. The number of aryl methyl sites for hydroxylation is 1. The molecule has 0 spiro atoms. The molecule has 0 saturated heterocycles. The summed E-state index contributed by atoms with van der Waals surface area (Å²) in [5.41, 5.74) is -0.327. The van der Waals surface area contributed by atoms with Crippen LogP contribution in [0, 0.1) is 18.3 Å². The summed E-state index contributed by atoms with van der Waals surface area (Å²) in [7, 11) is 0. The molecule has 0 radical (unpaired) electrons. The van der Waals surface area contributed by atoms with E-state index in [2.05, 4.69) is 0 Å². The molecule has 0 N–H and O–H groups in total. The molecule has 0 atom stereocenters. The Bertz CT molecular complexity index is 413. The number of hydrogen-bond donors (Lipinski definition) is 0. The molecule has 0 fully saturated rings. The highest BCUT2D eigenvalue weighted by Gasteiger charge is 2.35. The Kier molecular flexibility index (Phi) is 3.04. The Morgan fingerprint density at radius 3 is 2.33 bits per heavy atom. The molecule has 0 aromatic heterocycles. The minimum absolute atomic E-state index is 0.157. The van der Waals surface area contributed by atoms with Gasteiger partial charge in [-0.25, -0.2) is 0 Å². The van der Waals surface area contributed by atoms with Crippen LogP contribution >= 0.6 is 0 Å². The normalized spacial score (nSPS) is 11.2. The SMILES string of the molecule is CCc1ccc(C#N)c(C(F)(F)F)c1C. The van der Waals surface area contributed by atoms with Crippen LogP contribution in [-0.2, 0) is 12.6 Å². The predicted octanol–water partition coefficient (Wildman–Crippen LogP) is 3.45. The zero-order chi connectivity index (χ0) is 11.6. The summed E-state index contributed by atoms with van der Waals surface area (Å²) >= 11 is 0. The second kappa shape index (κ2) is 3.93. The van der Waals surface area contributed by atoms with Crippen LogP contribution < -0.4 is 0 Å². The molecule has 4 heteroatoms. The van der Waals surface area contributed by atoms with Crippen molar-refractivity contribution in [2.75, 3.05) is 0 Å². The molecule has 0 bridgehead atoms. The van der Waals surface area contributed by atoms with Gasteiger partial charge >= 0.3 is 6.18 Å². The van der Waals surface area contributed by atoms with Gasteiger partial charge in [0.1, 0.15) is 0 Å². The van der Waals surface area contributed by atoms with Gasteiger partial charge in [-0.3, -0.25) is 0 Å². The number of nitriles is 1. The minimum Gasteiger partial charge on any atom is -0.192 e. The molecule has 0 amide bonds. The molecule has 80 valence electrons. The molecule has 0 aliphatic carbocycles. The Labute approximate surface area is 86.1 Å².